The number of fused-ring (bicyclic) bond motifs is 2. The summed E-state index contributed by atoms with van der Waals surface area (Å²) < 4.78 is 32.8. The van der Waals surface area contributed by atoms with Crippen molar-refractivity contribution in [3.8, 4) is 5.75 Å². The molecule has 0 aliphatic carbocycles. The molecule has 0 bridgehead atoms. The van der Waals surface area contributed by atoms with Crippen LogP contribution in [0.5, 0.6) is 5.75 Å². The maximum absolute atomic E-state index is 13.2. The molecule has 154 valence electrons. The summed E-state index contributed by atoms with van der Waals surface area (Å²) in [5, 5.41) is 0. The Balaban J connectivity index is 1.56. The minimum Gasteiger partial charge on any atom is -0.492 e. The van der Waals surface area contributed by atoms with Crippen LogP contribution in [-0.4, -0.2) is 44.9 Å². The average molecular weight is 415 g/mol. The molecule has 29 heavy (non-hydrogen) atoms. The van der Waals surface area contributed by atoms with Gasteiger partial charge in [-0.2, -0.15) is 4.31 Å². The van der Waals surface area contributed by atoms with Crippen molar-refractivity contribution in [2.24, 2.45) is 5.92 Å². The lowest BCUT2D eigenvalue weighted by molar-refractivity contribution is -0.123. The van der Waals surface area contributed by atoms with E-state index in [9.17, 15) is 13.2 Å². The van der Waals surface area contributed by atoms with Crippen LogP contribution >= 0.6 is 0 Å². The van der Waals surface area contributed by atoms with Crippen LogP contribution in [0.25, 0.3) is 0 Å². The smallest absolute Gasteiger partial charge is 0.243 e. The molecule has 6 nitrogen and oxygen atoms in total. The van der Waals surface area contributed by atoms with Crippen LogP contribution in [0.3, 0.4) is 0 Å². The maximum Gasteiger partial charge on any atom is 0.243 e. The van der Waals surface area contributed by atoms with Gasteiger partial charge in [-0.05, 0) is 48.2 Å². The number of ether oxygens (including phenoxy) is 1. The number of rotatable bonds is 5. The molecule has 7 heteroatoms. The highest BCUT2D eigenvalue weighted by atomic mass is 32.2. The first-order valence-electron chi connectivity index (χ1n) is 10.1. The summed E-state index contributed by atoms with van der Waals surface area (Å²) in [7, 11) is -3.50. The molecular weight excluding hydrogens is 388 g/mol. The van der Waals surface area contributed by atoms with E-state index in [0.717, 1.165) is 22.6 Å². The quantitative estimate of drug-likeness (QED) is 0.755. The number of carbonyl (C=O) groups is 1. The first-order chi connectivity index (χ1) is 14.0. The van der Waals surface area contributed by atoms with Crippen molar-refractivity contribution in [2.45, 2.75) is 31.6 Å². The van der Waals surface area contributed by atoms with E-state index in [1.807, 2.05) is 38.1 Å². The van der Waals surface area contributed by atoms with Crippen molar-refractivity contribution in [3.63, 3.8) is 0 Å². The molecule has 0 aromatic heterocycles. The molecule has 0 fully saturated rings. The summed E-state index contributed by atoms with van der Waals surface area (Å²) in [6, 6.07) is 12.9. The lowest BCUT2D eigenvalue weighted by atomic mass is 9.95. The SMILES string of the molecule is CCN(CC)S(=O)(=O)c1ccc2c(c1)CCN2C(=O)C1COc2ccccc2C1. The van der Waals surface area contributed by atoms with Crippen LogP contribution < -0.4 is 9.64 Å². The van der Waals surface area contributed by atoms with E-state index < -0.39 is 10.0 Å². The van der Waals surface area contributed by atoms with Crippen LogP contribution in [0.15, 0.2) is 47.4 Å². The molecule has 0 N–H and O–H groups in total. The van der Waals surface area contributed by atoms with Gasteiger partial charge in [0.1, 0.15) is 12.4 Å². The second-order valence-corrected chi connectivity index (χ2v) is 9.38. The van der Waals surface area contributed by atoms with Crippen molar-refractivity contribution in [2.75, 3.05) is 31.1 Å². The zero-order valence-corrected chi connectivity index (χ0v) is 17.6. The lowest BCUT2D eigenvalue weighted by Crippen LogP contribution is -2.40. The van der Waals surface area contributed by atoms with E-state index in [2.05, 4.69) is 0 Å². The predicted octanol–water partition coefficient (Wildman–Crippen LogP) is 2.86. The van der Waals surface area contributed by atoms with Gasteiger partial charge in [0, 0.05) is 25.3 Å². The maximum atomic E-state index is 13.2. The van der Waals surface area contributed by atoms with E-state index in [1.165, 1.54) is 4.31 Å². The molecule has 0 spiro atoms. The van der Waals surface area contributed by atoms with Crippen molar-refractivity contribution >= 4 is 21.6 Å². The largest absolute Gasteiger partial charge is 0.492 e. The van der Waals surface area contributed by atoms with Gasteiger partial charge in [-0.25, -0.2) is 8.42 Å². The molecule has 4 rings (SSSR count). The first kappa shape index (κ1) is 19.9. The Morgan fingerprint density at radius 1 is 1.14 bits per heavy atom. The number of hydrogen-bond donors (Lipinski definition) is 0. The number of sulfonamides is 1. The van der Waals surface area contributed by atoms with E-state index >= 15 is 0 Å². The van der Waals surface area contributed by atoms with E-state index in [-0.39, 0.29) is 11.8 Å². The molecule has 1 amide bonds. The minimum atomic E-state index is -3.50. The highest BCUT2D eigenvalue weighted by molar-refractivity contribution is 7.89. The number of nitrogens with zero attached hydrogens (tertiary/aromatic N) is 2. The number of para-hydroxylation sites is 1. The molecule has 2 aliphatic heterocycles. The molecule has 2 aromatic rings. The monoisotopic (exact) mass is 414 g/mol. The lowest BCUT2D eigenvalue weighted by Gasteiger charge is -2.28. The molecule has 2 aliphatic rings. The fourth-order valence-corrected chi connectivity index (χ4v) is 5.70. The molecule has 2 heterocycles. The third-order valence-corrected chi connectivity index (χ3v) is 7.83. The van der Waals surface area contributed by atoms with Crippen LogP contribution in [0, 0.1) is 5.92 Å². The number of amides is 1. The van der Waals surface area contributed by atoms with Gasteiger partial charge in [-0.15, -0.1) is 0 Å². The molecular formula is C22H26N2O4S. The topological polar surface area (TPSA) is 66.9 Å². The Bertz CT molecular complexity index is 1030. The summed E-state index contributed by atoms with van der Waals surface area (Å²) in [6.07, 6.45) is 1.32. The van der Waals surface area contributed by atoms with Crippen LogP contribution in [0.1, 0.15) is 25.0 Å². The third kappa shape index (κ3) is 3.53. The van der Waals surface area contributed by atoms with Gasteiger partial charge in [-0.3, -0.25) is 4.79 Å². The molecule has 1 atom stereocenters. The Morgan fingerprint density at radius 3 is 2.66 bits per heavy atom. The summed E-state index contributed by atoms with van der Waals surface area (Å²) >= 11 is 0. The van der Waals surface area contributed by atoms with Crippen molar-refractivity contribution in [3.05, 3.63) is 53.6 Å². The summed E-state index contributed by atoms with van der Waals surface area (Å²) in [4.78, 5) is 15.3. The number of hydrogen-bond acceptors (Lipinski definition) is 4. The highest BCUT2D eigenvalue weighted by Gasteiger charge is 2.34. The molecule has 0 saturated carbocycles. The Morgan fingerprint density at radius 2 is 1.90 bits per heavy atom. The standard InChI is InChI=1S/C22H26N2O4S/c1-3-23(4-2)29(26,27)19-9-10-20-16(14-19)11-12-24(20)22(25)18-13-17-7-5-6-8-21(17)28-15-18/h5-10,14,18H,3-4,11-13,15H2,1-2H3. The normalized spacial score (nSPS) is 18.3. The summed E-state index contributed by atoms with van der Waals surface area (Å²) in [6.45, 7) is 5.48. The third-order valence-electron chi connectivity index (χ3n) is 5.78. The van der Waals surface area contributed by atoms with Gasteiger partial charge in [0.2, 0.25) is 15.9 Å². The number of carbonyl (C=O) groups excluding carboxylic acids is 1. The van der Waals surface area contributed by atoms with Crippen molar-refractivity contribution < 1.29 is 17.9 Å². The van der Waals surface area contributed by atoms with Gasteiger partial charge in [-0.1, -0.05) is 32.0 Å². The molecule has 0 radical (unpaired) electrons. The predicted molar refractivity (Wildman–Crippen MR) is 112 cm³/mol. The number of benzene rings is 2. The summed E-state index contributed by atoms with van der Waals surface area (Å²) in [5.41, 5.74) is 2.77. The van der Waals surface area contributed by atoms with Gasteiger partial charge < -0.3 is 9.64 Å². The van der Waals surface area contributed by atoms with Crippen LogP contribution in [0.4, 0.5) is 5.69 Å². The van der Waals surface area contributed by atoms with Crippen LogP contribution in [-0.2, 0) is 27.7 Å². The van der Waals surface area contributed by atoms with Gasteiger partial charge >= 0.3 is 0 Å². The molecule has 2 aromatic carbocycles. The zero-order valence-electron chi connectivity index (χ0n) is 16.8. The fourth-order valence-electron chi connectivity index (χ4n) is 4.19. The zero-order chi connectivity index (χ0) is 20.6. The molecule has 0 saturated heterocycles. The molecule has 1 unspecified atom stereocenters. The van der Waals surface area contributed by atoms with Crippen LogP contribution in [0.2, 0.25) is 0 Å². The first-order valence-corrected chi connectivity index (χ1v) is 11.5. The van der Waals surface area contributed by atoms with Crippen molar-refractivity contribution in [1.29, 1.82) is 0 Å². The van der Waals surface area contributed by atoms with E-state index in [1.54, 1.807) is 23.1 Å². The average Bonchev–Trinajstić information content (AvgIpc) is 3.17. The van der Waals surface area contributed by atoms with Gasteiger partial charge in [0.25, 0.3) is 0 Å². The Hall–Kier alpha value is -2.38. The van der Waals surface area contributed by atoms with E-state index in [0.29, 0.717) is 44.0 Å². The minimum absolute atomic E-state index is 0.0394. The van der Waals surface area contributed by atoms with Crippen molar-refractivity contribution in [1.82, 2.24) is 4.31 Å². The Kier molecular flexibility index (Phi) is 5.36. The highest BCUT2D eigenvalue weighted by Crippen LogP contribution is 2.34. The van der Waals surface area contributed by atoms with Gasteiger partial charge in [0.05, 0.1) is 10.8 Å². The number of anilines is 1. The second-order valence-electron chi connectivity index (χ2n) is 7.44. The van der Waals surface area contributed by atoms with Gasteiger partial charge in [0.15, 0.2) is 0 Å². The second kappa shape index (κ2) is 7.80. The fraction of sp³-hybridized carbons (Fsp3) is 0.409. The Labute approximate surface area is 172 Å². The van der Waals surface area contributed by atoms with E-state index in [4.69, 9.17) is 4.74 Å². The summed E-state index contributed by atoms with van der Waals surface area (Å²) in [5.74, 6) is 0.664.